The van der Waals surface area contributed by atoms with Gasteiger partial charge in [0.2, 0.25) is 0 Å². The smallest absolute Gasteiger partial charge is 0.321 e. The van der Waals surface area contributed by atoms with Crippen LogP contribution >= 0.6 is 0 Å². The van der Waals surface area contributed by atoms with E-state index in [1.54, 1.807) is 0 Å². The molecule has 2 atom stereocenters. The van der Waals surface area contributed by atoms with E-state index in [-0.39, 0.29) is 6.04 Å². The van der Waals surface area contributed by atoms with Crippen molar-refractivity contribution in [3.8, 4) is 0 Å². The van der Waals surface area contributed by atoms with Crippen LogP contribution in [-0.4, -0.2) is 22.1 Å². The van der Waals surface area contributed by atoms with Gasteiger partial charge < -0.3 is 10.1 Å². The van der Waals surface area contributed by atoms with Crippen LogP contribution in [-0.2, 0) is 11.2 Å². The molecule has 3 N–H and O–H groups in total. The average molecular weight is 244 g/mol. The molecule has 0 bridgehead atoms. The van der Waals surface area contributed by atoms with Crippen LogP contribution in [0.1, 0.15) is 29.8 Å². The minimum Gasteiger partial charge on any atom is -0.480 e. The van der Waals surface area contributed by atoms with E-state index in [1.807, 2.05) is 13.0 Å². The van der Waals surface area contributed by atoms with Crippen molar-refractivity contribution in [2.45, 2.75) is 32.4 Å². The van der Waals surface area contributed by atoms with Gasteiger partial charge in [0.15, 0.2) is 0 Å². The van der Waals surface area contributed by atoms with E-state index < -0.39 is 12.0 Å². The molecule has 0 fully saturated rings. The number of carbonyl (C=O) groups is 1. The van der Waals surface area contributed by atoms with Gasteiger partial charge >= 0.3 is 5.97 Å². The molecule has 4 nitrogen and oxygen atoms in total. The van der Waals surface area contributed by atoms with Gasteiger partial charge in [0.05, 0.1) is 0 Å². The van der Waals surface area contributed by atoms with Crippen LogP contribution in [0.5, 0.6) is 0 Å². The fourth-order valence-corrected chi connectivity index (χ4v) is 2.84. The van der Waals surface area contributed by atoms with Crippen LogP contribution in [0, 0.1) is 6.92 Å². The number of H-pyrrole nitrogens is 1. The highest BCUT2D eigenvalue weighted by Gasteiger charge is 2.30. The maximum atomic E-state index is 11.2. The Morgan fingerprint density at radius 1 is 1.44 bits per heavy atom. The average Bonchev–Trinajstić information content (AvgIpc) is 2.70. The van der Waals surface area contributed by atoms with Gasteiger partial charge in [0, 0.05) is 29.1 Å². The number of aromatic nitrogens is 1. The monoisotopic (exact) mass is 244 g/mol. The number of nitrogens with one attached hydrogen (secondary N) is 2. The van der Waals surface area contributed by atoms with Crippen molar-refractivity contribution in [3.63, 3.8) is 0 Å². The summed E-state index contributed by atoms with van der Waals surface area (Å²) >= 11 is 0. The highest BCUT2D eigenvalue weighted by molar-refractivity contribution is 5.88. The minimum absolute atomic E-state index is 0.0432. The highest BCUT2D eigenvalue weighted by atomic mass is 16.4. The molecule has 2 heterocycles. The molecule has 18 heavy (non-hydrogen) atoms. The Morgan fingerprint density at radius 2 is 2.22 bits per heavy atom. The van der Waals surface area contributed by atoms with Crippen molar-refractivity contribution in [1.29, 1.82) is 0 Å². The Balaban J connectivity index is 2.20. The first-order valence-corrected chi connectivity index (χ1v) is 6.17. The van der Waals surface area contributed by atoms with Crippen LogP contribution in [0.3, 0.4) is 0 Å². The molecule has 3 rings (SSSR count). The second-order valence-electron chi connectivity index (χ2n) is 5.00. The van der Waals surface area contributed by atoms with Gasteiger partial charge in [-0.05, 0) is 25.0 Å². The summed E-state index contributed by atoms with van der Waals surface area (Å²) in [7, 11) is 0. The molecule has 1 aliphatic heterocycles. The van der Waals surface area contributed by atoms with Crippen molar-refractivity contribution in [3.05, 3.63) is 35.0 Å². The van der Waals surface area contributed by atoms with Gasteiger partial charge in [-0.15, -0.1) is 0 Å². The first kappa shape index (κ1) is 11.3. The zero-order chi connectivity index (χ0) is 12.9. The third kappa shape index (κ3) is 1.53. The third-order valence-corrected chi connectivity index (χ3v) is 3.77. The predicted octanol–water partition coefficient (Wildman–Crippen LogP) is 2.14. The summed E-state index contributed by atoms with van der Waals surface area (Å²) < 4.78 is 0. The van der Waals surface area contributed by atoms with Gasteiger partial charge in [-0.1, -0.05) is 18.2 Å². The molecule has 0 aliphatic carbocycles. The van der Waals surface area contributed by atoms with E-state index in [0.717, 1.165) is 22.2 Å². The molecule has 2 aromatic rings. The number of rotatable bonds is 1. The number of aliphatic carboxylic acids is 1. The Kier molecular flexibility index (Phi) is 2.41. The fraction of sp³-hybridized carbons (Fsp3) is 0.357. The van der Waals surface area contributed by atoms with Crippen molar-refractivity contribution in [2.24, 2.45) is 0 Å². The molecule has 1 aromatic heterocycles. The van der Waals surface area contributed by atoms with Crippen molar-refractivity contribution in [1.82, 2.24) is 10.3 Å². The number of hydrogen-bond donors (Lipinski definition) is 3. The third-order valence-electron chi connectivity index (χ3n) is 3.77. The molecule has 0 spiro atoms. The number of aryl methyl sites for hydroxylation is 1. The maximum Gasteiger partial charge on any atom is 0.321 e. The highest BCUT2D eigenvalue weighted by Crippen LogP contribution is 2.32. The molecule has 0 amide bonds. The topological polar surface area (TPSA) is 65.1 Å². The Hall–Kier alpha value is -1.81. The molecule has 2 unspecified atom stereocenters. The number of carboxylic acids is 1. The Morgan fingerprint density at radius 3 is 2.94 bits per heavy atom. The lowest BCUT2D eigenvalue weighted by atomic mass is 9.94. The van der Waals surface area contributed by atoms with Crippen LogP contribution in [0.25, 0.3) is 10.9 Å². The molecule has 1 aliphatic rings. The fourth-order valence-electron chi connectivity index (χ4n) is 2.84. The number of fused-ring (bicyclic) bond motifs is 3. The van der Waals surface area contributed by atoms with Crippen LogP contribution in [0.2, 0.25) is 0 Å². The summed E-state index contributed by atoms with van der Waals surface area (Å²) in [5.41, 5.74) is 4.59. The largest absolute Gasteiger partial charge is 0.480 e. The van der Waals surface area contributed by atoms with E-state index in [0.29, 0.717) is 6.42 Å². The Bertz CT molecular complexity index is 630. The van der Waals surface area contributed by atoms with E-state index in [4.69, 9.17) is 0 Å². The molecular weight excluding hydrogens is 228 g/mol. The van der Waals surface area contributed by atoms with Crippen LogP contribution < -0.4 is 5.32 Å². The van der Waals surface area contributed by atoms with Crippen LogP contribution in [0.15, 0.2) is 18.2 Å². The van der Waals surface area contributed by atoms with Crippen LogP contribution in [0.4, 0.5) is 0 Å². The summed E-state index contributed by atoms with van der Waals surface area (Å²) in [5.74, 6) is -0.783. The normalized spacial score (nSPS) is 23.0. The quantitative estimate of drug-likeness (QED) is 0.720. The lowest BCUT2D eigenvalue weighted by Gasteiger charge is -2.26. The maximum absolute atomic E-state index is 11.2. The number of para-hydroxylation sites is 1. The SMILES string of the molecule is Cc1cccc2c3c([nH]c12)C(C)NC(C(=O)O)C3. The molecule has 0 saturated heterocycles. The van der Waals surface area contributed by atoms with Crippen molar-refractivity contribution < 1.29 is 9.90 Å². The summed E-state index contributed by atoms with van der Waals surface area (Å²) in [5, 5.41) is 13.5. The van der Waals surface area contributed by atoms with E-state index in [2.05, 4.69) is 29.4 Å². The molecule has 1 aromatic carbocycles. The van der Waals surface area contributed by atoms with Gasteiger partial charge in [0.25, 0.3) is 0 Å². The van der Waals surface area contributed by atoms with Gasteiger partial charge in [0.1, 0.15) is 6.04 Å². The Labute approximate surface area is 105 Å². The number of aromatic amines is 1. The number of hydrogen-bond acceptors (Lipinski definition) is 2. The van der Waals surface area contributed by atoms with Crippen molar-refractivity contribution >= 4 is 16.9 Å². The van der Waals surface area contributed by atoms with E-state index in [1.165, 1.54) is 5.56 Å². The lowest BCUT2D eigenvalue weighted by Crippen LogP contribution is -2.43. The zero-order valence-electron chi connectivity index (χ0n) is 10.4. The van der Waals surface area contributed by atoms with Crippen molar-refractivity contribution in [2.75, 3.05) is 0 Å². The molecule has 94 valence electrons. The summed E-state index contributed by atoms with van der Waals surface area (Å²) in [6.07, 6.45) is 0.540. The standard InChI is InChI=1S/C14H16N2O2/c1-7-4-3-5-9-10-6-11(14(17)18)15-8(2)13(10)16-12(7)9/h3-5,8,11,15-16H,6H2,1-2H3,(H,17,18). The van der Waals surface area contributed by atoms with Gasteiger partial charge in [-0.25, -0.2) is 0 Å². The second-order valence-corrected chi connectivity index (χ2v) is 5.00. The first-order valence-electron chi connectivity index (χ1n) is 6.17. The van der Waals surface area contributed by atoms with Gasteiger partial charge in [-0.2, -0.15) is 0 Å². The van der Waals surface area contributed by atoms with E-state index in [9.17, 15) is 9.90 Å². The summed E-state index contributed by atoms with van der Waals surface area (Å²) in [6, 6.07) is 5.70. The number of benzene rings is 1. The summed E-state index contributed by atoms with van der Waals surface area (Å²) in [4.78, 5) is 14.6. The predicted molar refractivity (Wildman–Crippen MR) is 69.7 cm³/mol. The summed E-state index contributed by atoms with van der Waals surface area (Å²) in [6.45, 7) is 4.07. The lowest BCUT2D eigenvalue weighted by molar-refractivity contribution is -0.139. The minimum atomic E-state index is -0.783. The second kappa shape index (κ2) is 3.85. The molecule has 4 heteroatoms. The molecule has 0 saturated carbocycles. The van der Waals surface area contributed by atoms with Gasteiger partial charge in [-0.3, -0.25) is 10.1 Å². The zero-order valence-corrected chi connectivity index (χ0v) is 10.4. The molecule has 0 radical (unpaired) electrons. The molecular formula is C14H16N2O2. The number of carboxylic acid groups (broad SMARTS) is 1. The first-order chi connectivity index (χ1) is 8.58. The van der Waals surface area contributed by atoms with E-state index >= 15 is 0 Å².